The number of thiazole rings is 1. The molecule has 43 heavy (non-hydrogen) atoms. The molecular formula is C28H18Cl2N4O7S2. The lowest BCUT2D eigenvalue weighted by Crippen LogP contribution is -2.32. The van der Waals surface area contributed by atoms with Crippen molar-refractivity contribution in [1.82, 2.24) is 4.98 Å². The number of hydrogen-bond donors (Lipinski definition) is 2. The fourth-order valence-electron chi connectivity index (χ4n) is 5.11. The maximum Gasteiger partial charge on any atom is 0.305 e. The van der Waals surface area contributed by atoms with Gasteiger partial charge in [-0.3, -0.25) is 29.3 Å². The predicted octanol–water partition coefficient (Wildman–Crippen LogP) is 5.46. The number of anilines is 2. The molecule has 2 unspecified atom stereocenters. The number of nitrogens with zero attached hydrogens (tertiary/aromatic N) is 2. The summed E-state index contributed by atoms with van der Waals surface area (Å²) in [4.78, 5) is 67.3. The Labute approximate surface area is 260 Å². The van der Waals surface area contributed by atoms with E-state index < -0.39 is 39.7 Å². The molecule has 0 saturated carbocycles. The normalized spacial score (nSPS) is 19.1. The number of nitrogens with one attached hydrogen (secondary N) is 2. The second-order valence-corrected chi connectivity index (χ2v) is 12.5. The lowest BCUT2D eigenvalue weighted by atomic mass is 9.82. The Bertz CT molecular complexity index is 1860. The van der Waals surface area contributed by atoms with Crippen molar-refractivity contribution < 1.29 is 24.0 Å². The largest absolute Gasteiger partial charge is 0.483 e. The number of amides is 3. The van der Waals surface area contributed by atoms with E-state index in [9.17, 15) is 29.3 Å². The number of rotatable bonds is 7. The highest BCUT2D eigenvalue weighted by molar-refractivity contribution is 8.00. The molecule has 15 heteroatoms. The molecule has 11 nitrogen and oxygen atoms in total. The molecule has 1 saturated heterocycles. The van der Waals surface area contributed by atoms with Crippen LogP contribution in [0, 0.1) is 16.0 Å². The molecule has 2 aliphatic heterocycles. The third-order valence-electron chi connectivity index (χ3n) is 6.96. The zero-order valence-electron chi connectivity index (χ0n) is 21.6. The number of non-ortho nitro benzene ring substituents is 1. The van der Waals surface area contributed by atoms with Crippen molar-refractivity contribution in [3.05, 3.63) is 107 Å². The number of nitro groups is 1. The van der Waals surface area contributed by atoms with Gasteiger partial charge < -0.3 is 15.0 Å². The number of ether oxygens (including phenoxy) is 1. The molecule has 1 aromatic heterocycles. The highest BCUT2D eigenvalue weighted by Crippen LogP contribution is 2.54. The maximum atomic E-state index is 14.0. The van der Waals surface area contributed by atoms with Gasteiger partial charge in [-0.1, -0.05) is 64.5 Å². The molecule has 4 aromatic rings. The quantitative estimate of drug-likeness (QED) is 0.151. The fourth-order valence-corrected chi connectivity index (χ4v) is 7.92. The van der Waals surface area contributed by atoms with Gasteiger partial charge in [-0.2, -0.15) is 0 Å². The minimum Gasteiger partial charge on any atom is -0.483 e. The number of fused-ring (bicyclic) bond motifs is 2. The zero-order valence-corrected chi connectivity index (χ0v) is 24.8. The number of H-pyrrole nitrogens is 1. The molecule has 2 aliphatic rings. The molecule has 1 fully saturated rings. The Hall–Kier alpha value is -4.17. The average Bonchev–Trinajstić information content (AvgIpc) is 3.48. The molecule has 3 amide bonds. The van der Waals surface area contributed by atoms with E-state index in [1.54, 1.807) is 36.4 Å². The Morgan fingerprint density at radius 1 is 1.02 bits per heavy atom. The number of carbonyl (C=O) groups excluding carboxylic acids is 3. The number of aromatic amines is 1. The van der Waals surface area contributed by atoms with E-state index in [1.807, 2.05) is 0 Å². The van der Waals surface area contributed by atoms with E-state index in [2.05, 4.69) is 10.3 Å². The van der Waals surface area contributed by atoms with Gasteiger partial charge in [0, 0.05) is 34.2 Å². The first-order valence-corrected chi connectivity index (χ1v) is 15.1. The van der Waals surface area contributed by atoms with Crippen LogP contribution in [-0.4, -0.2) is 39.5 Å². The van der Waals surface area contributed by atoms with Crippen molar-refractivity contribution in [3.8, 4) is 5.75 Å². The van der Waals surface area contributed by atoms with Crippen molar-refractivity contribution in [1.29, 1.82) is 0 Å². The van der Waals surface area contributed by atoms with E-state index in [4.69, 9.17) is 27.9 Å². The summed E-state index contributed by atoms with van der Waals surface area (Å²) in [6.45, 7) is -0.384. The van der Waals surface area contributed by atoms with Crippen molar-refractivity contribution >= 4 is 81.1 Å². The monoisotopic (exact) mass is 656 g/mol. The Morgan fingerprint density at radius 3 is 2.49 bits per heavy atom. The van der Waals surface area contributed by atoms with Gasteiger partial charge in [0.2, 0.25) is 11.8 Å². The van der Waals surface area contributed by atoms with Gasteiger partial charge in [0.05, 0.1) is 31.6 Å². The topological polar surface area (TPSA) is 152 Å². The van der Waals surface area contributed by atoms with Crippen molar-refractivity contribution in [3.63, 3.8) is 0 Å². The van der Waals surface area contributed by atoms with Gasteiger partial charge in [0.25, 0.3) is 11.6 Å². The highest BCUT2D eigenvalue weighted by Gasteiger charge is 2.56. The van der Waals surface area contributed by atoms with E-state index in [0.717, 1.165) is 28.0 Å². The number of halogens is 2. The zero-order chi connectivity index (χ0) is 30.4. The Kier molecular flexibility index (Phi) is 7.73. The lowest BCUT2D eigenvalue weighted by Gasteiger charge is -2.30. The van der Waals surface area contributed by atoms with Crippen LogP contribution in [0.15, 0.2) is 76.6 Å². The molecule has 0 bridgehead atoms. The second kappa shape index (κ2) is 11.5. The van der Waals surface area contributed by atoms with Crippen LogP contribution in [0.25, 0.3) is 0 Å². The van der Waals surface area contributed by atoms with Gasteiger partial charge in [0.1, 0.15) is 11.0 Å². The summed E-state index contributed by atoms with van der Waals surface area (Å²) >= 11 is 14.0. The number of imide groups is 1. The average molecular weight is 658 g/mol. The number of carbonyl (C=O) groups is 3. The summed E-state index contributed by atoms with van der Waals surface area (Å²) in [5, 5.41) is 14.0. The number of hydrogen-bond acceptors (Lipinski definition) is 9. The lowest BCUT2D eigenvalue weighted by molar-refractivity contribution is -0.384. The van der Waals surface area contributed by atoms with Crippen LogP contribution < -0.4 is 19.8 Å². The van der Waals surface area contributed by atoms with Crippen LogP contribution in [-0.2, 0) is 14.4 Å². The molecule has 3 atom stereocenters. The van der Waals surface area contributed by atoms with Crippen LogP contribution in [0.2, 0.25) is 10.0 Å². The minimum atomic E-state index is -0.915. The Balaban J connectivity index is 1.32. The van der Waals surface area contributed by atoms with Crippen molar-refractivity contribution in [2.75, 3.05) is 16.8 Å². The first kappa shape index (κ1) is 28.9. The summed E-state index contributed by atoms with van der Waals surface area (Å²) in [6.07, 6.45) is 0. The summed E-state index contributed by atoms with van der Waals surface area (Å²) in [6, 6.07) is 16.6. The third-order valence-corrected chi connectivity index (χ3v) is 10.1. The molecule has 0 radical (unpaired) electrons. The molecule has 0 aliphatic carbocycles. The van der Waals surface area contributed by atoms with Crippen molar-refractivity contribution in [2.45, 2.75) is 16.2 Å². The molecular weight excluding hydrogens is 639 g/mol. The first-order valence-electron chi connectivity index (χ1n) is 12.6. The van der Waals surface area contributed by atoms with Crippen LogP contribution in [0.4, 0.5) is 17.1 Å². The summed E-state index contributed by atoms with van der Waals surface area (Å²) in [5.41, 5.74) is 0.964. The third kappa shape index (κ3) is 5.40. The highest BCUT2D eigenvalue weighted by atomic mass is 35.5. The van der Waals surface area contributed by atoms with Gasteiger partial charge in [0.15, 0.2) is 6.61 Å². The predicted molar refractivity (Wildman–Crippen MR) is 163 cm³/mol. The standard InChI is InChI=1S/C28H18Cl2N4O7S2/c29-17-10-5-13(11-18(17)30)31-20(35)12-41-19-4-2-1-3-16(19)21-22-24(42-25-23(21)43-28(38)32-25)27(37)33(26(22)36)14-6-8-15(9-7-14)34(39)40/h1-11,21-22,24H,12H2,(H,31,35)(H,32,38)/t21-,22?,24?/m1/s1. The number of thioether (sulfide) groups is 1. The summed E-state index contributed by atoms with van der Waals surface area (Å²) < 4.78 is 5.92. The minimum absolute atomic E-state index is 0.179. The van der Waals surface area contributed by atoms with Gasteiger partial charge >= 0.3 is 4.87 Å². The SMILES string of the molecule is O=C(COc1ccccc1[C@H]1c2sc(=O)[nH]c2SC2C(=O)N(c3ccc([N+](=O)[O-])cc3)C(=O)C21)Nc1ccc(Cl)c(Cl)c1. The van der Waals surface area contributed by atoms with Crippen LogP contribution in [0.5, 0.6) is 5.75 Å². The van der Waals surface area contributed by atoms with E-state index in [0.29, 0.717) is 31.9 Å². The van der Waals surface area contributed by atoms with Crippen LogP contribution >= 0.6 is 46.3 Å². The first-order chi connectivity index (χ1) is 20.6. The molecule has 0 spiro atoms. The smallest absolute Gasteiger partial charge is 0.305 e. The van der Waals surface area contributed by atoms with Crippen molar-refractivity contribution in [2.24, 2.45) is 5.92 Å². The molecule has 6 rings (SSSR count). The summed E-state index contributed by atoms with van der Waals surface area (Å²) in [5.74, 6) is -2.87. The Morgan fingerprint density at radius 2 is 1.77 bits per heavy atom. The van der Waals surface area contributed by atoms with Gasteiger partial charge in [-0.05, 0) is 36.4 Å². The number of nitro benzene ring substituents is 1. The molecule has 3 aromatic carbocycles. The van der Waals surface area contributed by atoms with Crippen LogP contribution in [0.1, 0.15) is 16.4 Å². The van der Waals surface area contributed by atoms with Gasteiger partial charge in [-0.15, -0.1) is 0 Å². The van der Waals surface area contributed by atoms with Gasteiger partial charge in [-0.25, -0.2) is 4.90 Å². The fraction of sp³-hybridized carbons (Fsp3) is 0.143. The summed E-state index contributed by atoms with van der Waals surface area (Å²) in [7, 11) is 0. The van der Waals surface area contributed by atoms with E-state index in [1.165, 1.54) is 30.3 Å². The molecule has 3 heterocycles. The maximum absolute atomic E-state index is 14.0. The second-order valence-electron chi connectivity index (χ2n) is 9.54. The van der Waals surface area contributed by atoms with Crippen LogP contribution in [0.3, 0.4) is 0 Å². The molecule has 218 valence electrons. The van der Waals surface area contributed by atoms with E-state index in [-0.39, 0.29) is 27.9 Å². The number of aromatic nitrogens is 1. The van der Waals surface area contributed by atoms with E-state index >= 15 is 0 Å². The molecule has 2 N–H and O–H groups in total. The number of benzene rings is 3. The number of para-hydroxylation sites is 1.